The molecule has 1 unspecified atom stereocenters. The van der Waals surface area contributed by atoms with Crippen molar-refractivity contribution in [1.29, 1.82) is 0 Å². The molecular formula is C10H15F3N2O4S. The smallest absolute Gasteiger partial charge is 0.404 e. The largest absolute Gasteiger partial charge is 0.468 e. The van der Waals surface area contributed by atoms with Gasteiger partial charge in [-0.2, -0.15) is 17.9 Å². The van der Waals surface area contributed by atoms with Crippen molar-refractivity contribution in [2.75, 3.05) is 6.61 Å². The van der Waals surface area contributed by atoms with Crippen molar-refractivity contribution in [2.24, 2.45) is 0 Å². The average molecular weight is 316 g/mol. The van der Waals surface area contributed by atoms with Crippen molar-refractivity contribution >= 4 is 16.5 Å². The Labute approximate surface area is 114 Å². The second-order valence-electron chi connectivity index (χ2n) is 3.47. The van der Waals surface area contributed by atoms with Gasteiger partial charge in [0.15, 0.2) is 0 Å². The molecule has 0 aromatic carbocycles. The van der Waals surface area contributed by atoms with Gasteiger partial charge in [-0.15, -0.1) is 0 Å². The van der Waals surface area contributed by atoms with Gasteiger partial charge < -0.3 is 9.72 Å². The molecule has 1 rings (SSSR count). The topological polar surface area (TPSA) is 88.3 Å². The van der Waals surface area contributed by atoms with Gasteiger partial charge >= 0.3 is 6.18 Å². The van der Waals surface area contributed by atoms with E-state index in [1.807, 2.05) is 0 Å². The monoisotopic (exact) mass is 316 g/mol. The Balaban J connectivity index is 0.000000621. The third kappa shape index (κ3) is 6.57. The number of carbonyl (C=O) groups excluding carboxylic acids is 1. The number of nitrogens with one attached hydrogen (secondary N) is 2. The molecule has 0 saturated heterocycles. The van der Waals surface area contributed by atoms with E-state index < -0.39 is 22.2 Å². The van der Waals surface area contributed by atoms with Crippen LogP contribution in [0.4, 0.5) is 13.2 Å². The van der Waals surface area contributed by atoms with Crippen LogP contribution in [-0.4, -0.2) is 38.7 Å². The lowest BCUT2D eigenvalue weighted by molar-refractivity contribution is -0.147. The van der Waals surface area contributed by atoms with E-state index in [4.69, 9.17) is 0 Å². The summed E-state index contributed by atoms with van der Waals surface area (Å²) in [5.74, 6) is 0. The van der Waals surface area contributed by atoms with Crippen LogP contribution in [0, 0.1) is 0 Å². The van der Waals surface area contributed by atoms with Crippen LogP contribution in [0.1, 0.15) is 13.8 Å². The van der Waals surface area contributed by atoms with E-state index in [2.05, 4.69) is 9.72 Å². The van der Waals surface area contributed by atoms with Gasteiger partial charge in [-0.05, 0) is 26.0 Å². The molecule has 0 bridgehead atoms. The second kappa shape index (κ2) is 7.90. The first-order valence-corrected chi connectivity index (χ1v) is 6.91. The number of aromatic nitrogens is 1. The van der Waals surface area contributed by atoms with E-state index in [-0.39, 0.29) is 5.03 Å². The van der Waals surface area contributed by atoms with E-state index in [0.29, 0.717) is 13.1 Å². The van der Waals surface area contributed by atoms with Gasteiger partial charge in [0.2, 0.25) is 0 Å². The number of ether oxygens (including phenoxy) is 1. The molecule has 0 radical (unpaired) electrons. The zero-order chi connectivity index (χ0) is 15.8. The van der Waals surface area contributed by atoms with Crippen LogP contribution in [0.3, 0.4) is 0 Å². The first kappa shape index (κ1) is 18.4. The number of alkyl halides is 3. The molecule has 1 aromatic heterocycles. The van der Waals surface area contributed by atoms with Gasteiger partial charge in [-0.1, -0.05) is 0 Å². The highest BCUT2D eigenvalue weighted by Gasteiger charge is 2.38. The number of rotatable bonds is 5. The molecule has 0 saturated carbocycles. The molecule has 116 valence electrons. The Kier molecular flexibility index (Phi) is 7.29. The number of halogens is 3. The van der Waals surface area contributed by atoms with Gasteiger partial charge in [0, 0.05) is 6.20 Å². The lowest BCUT2D eigenvalue weighted by Crippen LogP contribution is -2.43. The molecule has 6 nitrogen and oxygen atoms in total. The maximum absolute atomic E-state index is 12.1. The number of H-pyrrole nitrogens is 1. The molecule has 0 aliphatic heterocycles. The quantitative estimate of drug-likeness (QED) is 0.804. The summed E-state index contributed by atoms with van der Waals surface area (Å²) in [6.07, 6.45) is -3.29. The van der Waals surface area contributed by atoms with Crippen molar-refractivity contribution in [3.05, 3.63) is 18.3 Å². The molecule has 10 heteroatoms. The molecule has 2 N–H and O–H groups in total. The molecule has 0 aliphatic rings. The molecular weight excluding hydrogens is 301 g/mol. The molecule has 1 atom stereocenters. The zero-order valence-corrected chi connectivity index (χ0v) is 11.6. The van der Waals surface area contributed by atoms with Crippen molar-refractivity contribution in [3.63, 3.8) is 0 Å². The second-order valence-corrected chi connectivity index (χ2v) is 5.15. The maximum Gasteiger partial charge on any atom is 0.404 e. The van der Waals surface area contributed by atoms with E-state index in [1.54, 1.807) is 6.92 Å². The minimum absolute atomic E-state index is 0.293. The highest BCUT2D eigenvalue weighted by atomic mass is 32.2. The third-order valence-corrected chi connectivity index (χ3v) is 3.41. The van der Waals surface area contributed by atoms with Crippen LogP contribution < -0.4 is 4.72 Å². The highest BCUT2D eigenvalue weighted by molar-refractivity contribution is 7.89. The minimum Gasteiger partial charge on any atom is -0.468 e. The van der Waals surface area contributed by atoms with Crippen LogP contribution in [0.15, 0.2) is 23.4 Å². The van der Waals surface area contributed by atoms with Gasteiger partial charge in [0.1, 0.15) is 11.1 Å². The van der Waals surface area contributed by atoms with Crippen molar-refractivity contribution in [2.45, 2.75) is 31.1 Å². The maximum atomic E-state index is 12.1. The number of hydrogen-bond acceptors (Lipinski definition) is 4. The SMILES string of the molecule is CC(NS(=O)(=O)c1ccc[nH]1)C(F)(F)F.CCOC=O. The minimum atomic E-state index is -4.60. The van der Waals surface area contributed by atoms with Gasteiger partial charge in [-0.25, -0.2) is 8.42 Å². The lowest BCUT2D eigenvalue weighted by Gasteiger charge is -2.16. The summed E-state index contributed by atoms with van der Waals surface area (Å²) in [4.78, 5) is 11.5. The zero-order valence-electron chi connectivity index (χ0n) is 10.8. The Morgan fingerprint density at radius 3 is 2.40 bits per heavy atom. The van der Waals surface area contributed by atoms with Gasteiger partial charge in [0.05, 0.1) is 6.61 Å². The summed E-state index contributed by atoms with van der Waals surface area (Å²) in [6, 6.07) is 0.434. The summed E-state index contributed by atoms with van der Waals surface area (Å²) in [5.41, 5.74) is 0. The van der Waals surface area contributed by atoms with E-state index in [9.17, 15) is 26.4 Å². The Morgan fingerprint density at radius 2 is 2.10 bits per heavy atom. The fourth-order valence-corrected chi connectivity index (χ4v) is 2.12. The normalized spacial score (nSPS) is 13.1. The van der Waals surface area contributed by atoms with Crippen molar-refractivity contribution < 1.29 is 31.1 Å². The number of carbonyl (C=O) groups is 1. The Hall–Kier alpha value is -1.55. The molecule has 20 heavy (non-hydrogen) atoms. The third-order valence-electron chi connectivity index (χ3n) is 1.92. The highest BCUT2D eigenvalue weighted by Crippen LogP contribution is 2.21. The number of aromatic amines is 1. The number of hydrogen-bond donors (Lipinski definition) is 2. The Bertz CT molecular complexity index is 485. The van der Waals surface area contributed by atoms with Crippen LogP contribution in [0.25, 0.3) is 0 Å². The predicted molar refractivity (Wildman–Crippen MR) is 64.3 cm³/mol. The molecule has 0 aliphatic carbocycles. The first-order valence-electron chi connectivity index (χ1n) is 5.42. The lowest BCUT2D eigenvalue weighted by atomic mass is 10.4. The summed E-state index contributed by atoms with van der Waals surface area (Å²) in [5, 5.41) is -0.293. The van der Waals surface area contributed by atoms with Crippen LogP contribution >= 0.6 is 0 Å². The molecule has 0 spiro atoms. The molecule has 1 aromatic rings. The fourth-order valence-electron chi connectivity index (χ4n) is 0.912. The molecule has 0 amide bonds. The molecule has 1 heterocycles. The van der Waals surface area contributed by atoms with E-state index >= 15 is 0 Å². The van der Waals surface area contributed by atoms with Gasteiger partial charge in [0.25, 0.3) is 16.5 Å². The van der Waals surface area contributed by atoms with Crippen molar-refractivity contribution in [3.8, 4) is 0 Å². The summed E-state index contributed by atoms with van der Waals surface area (Å²) in [6.45, 7) is 3.40. The van der Waals surface area contributed by atoms with Crippen molar-refractivity contribution in [1.82, 2.24) is 9.71 Å². The van der Waals surface area contributed by atoms with Crippen LogP contribution in [0.5, 0.6) is 0 Å². The van der Waals surface area contributed by atoms with E-state index in [1.165, 1.54) is 23.1 Å². The summed E-state index contributed by atoms with van der Waals surface area (Å²) >= 11 is 0. The summed E-state index contributed by atoms with van der Waals surface area (Å²) in [7, 11) is -4.12. The van der Waals surface area contributed by atoms with Crippen LogP contribution in [-0.2, 0) is 19.6 Å². The molecule has 0 fully saturated rings. The predicted octanol–water partition coefficient (Wildman–Crippen LogP) is 1.42. The average Bonchev–Trinajstić information content (AvgIpc) is 2.83. The number of sulfonamides is 1. The fraction of sp³-hybridized carbons (Fsp3) is 0.500. The summed E-state index contributed by atoms with van der Waals surface area (Å²) < 4.78 is 64.5. The first-order chi connectivity index (χ1) is 9.15. The van der Waals surface area contributed by atoms with E-state index in [0.717, 1.165) is 6.92 Å². The van der Waals surface area contributed by atoms with Gasteiger partial charge in [-0.3, -0.25) is 4.79 Å². The van der Waals surface area contributed by atoms with Crippen LogP contribution in [0.2, 0.25) is 0 Å². The standard InChI is InChI=1S/C7H9F3N2O2S.C3H6O2/c1-5(7(8,9)10)12-15(13,14)6-3-2-4-11-6;1-2-5-3-4/h2-5,11-12H,1H3;3H,2H2,1H3. The Morgan fingerprint density at radius 1 is 1.50 bits per heavy atom.